The van der Waals surface area contributed by atoms with Crippen LogP contribution in [0.25, 0.3) is 0 Å². The molecule has 1 amide bonds. The predicted molar refractivity (Wildman–Crippen MR) is 104 cm³/mol. The number of amides is 1. The molecule has 3 N–H and O–H groups in total. The molecule has 1 aromatic carbocycles. The molecular weight excluding hydrogens is 312 g/mol. The van der Waals surface area contributed by atoms with Gasteiger partial charge in [-0.15, -0.1) is 0 Å². The van der Waals surface area contributed by atoms with Gasteiger partial charge in [-0.1, -0.05) is 49.6 Å². The molecule has 1 aromatic rings. The highest BCUT2D eigenvalue weighted by molar-refractivity contribution is 5.80. The van der Waals surface area contributed by atoms with E-state index < -0.39 is 0 Å². The van der Waals surface area contributed by atoms with E-state index in [4.69, 9.17) is 0 Å². The zero-order valence-electron chi connectivity index (χ0n) is 15.4. The van der Waals surface area contributed by atoms with Gasteiger partial charge in [0.1, 0.15) is 0 Å². The largest absolute Gasteiger partial charge is 0.356 e. The van der Waals surface area contributed by atoms with Crippen LogP contribution in [0.15, 0.2) is 35.3 Å². The number of nitrogens with zero attached hydrogens (tertiary/aromatic N) is 1. The molecular formula is C20H32N4O. The van der Waals surface area contributed by atoms with Crippen molar-refractivity contribution in [1.82, 2.24) is 16.0 Å². The summed E-state index contributed by atoms with van der Waals surface area (Å²) in [5.74, 6) is 1.23. The number of nitrogens with one attached hydrogen (secondary N) is 3. The number of hydrogen-bond donors (Lipinski definition) is 3. The number of hydrogen-bond acceptors (Lipinski definition) is 2. The molecule has 0 aromatic heterocycles. The summed E-state index contributed by atoms with van der Waals surface area (Å²) in [6.07, 6.45) is 7.86. The number of carbonyl (C=O) groups is 1. The Bertz CT molecular complexity index is 524. The Morgan fingerprint density at radius 3 is 2.40 bits per heavy atom. The van der Waals surface area contributed by atoms with Crippen LogP contribution >= 0.6 is 0 Å². The maximum Gasteiger partial charge on any atom is 0.223 e. The monoisotopic (exact) mass is 344 g/mol. The molecule has 1 aliphatic rings. The van der Waals surface area contributed by atoms with Gasteiger partial charge in [-0.25, -0.2) is 0 Å². The Labute approximate surface area is 151 Å². The number of benzene rings is 1. The van der Waals surface area contributed by atoms with Crippen molar-refractivity contribution in [2.24, 2.45) is 10.9 Å². The molecule has 1 aliphatic carbocycles. The molecule has 0 atom stereocenters. The molecule has 1 fully saturated rings. The third kappa shape index (κ3) is 7.59. The van der Waals surface area contributed by atoms with Crippen molar-refractivity contribution in [2.45, 2.75) is 44.9 Å². The van der Waals surface area contributed by atoms with E-state index in [0.717, 1.165) is 38.2 Å². The highest BCUT2D eigenvalue weighted by atomic mass is 16.1. The molecule has 0 aliphatic heterocycles. The Balaban J connectivity index is 1.53. The average molecular weight is 345 g/mol. The second-order valence-corrected chi connectivity index (χ2v) is 6.64. The summed E-state index contributed by atoms with van der Waals surface area (Å²) in [6, 6.07) is 10.5. The van der Waals surface area contributed by atoms with Crippen LogP contribution in [-0.2, 0) is 11.2 Å². The Hall–Kier alpha value is -2.04. The van der Waals surface area contributed by atoms with Gasteiger partial charge in [0.25, 0.3) is 0 Å². The SMILES string of the molecule is CN=C(NCCCc1ccccc1)NCCNC(=O)C1CCCCC1. The lowest BCUT2D eigenvalue weighted by molar-refractivity contribution is -0.125. The maximum atomic E-state index is 12.1. The van der Waals surface area contributed by atoms with Crippen LogP contribution in [0.5, 0.6) is 0 Å². The van der Waals surface area contributed by atoms with E-state index in [1.807, 2.05) is 6.07 Å². The minimum absolute atomic E-state index is 0.215. The Morgan fingerprint density at radius 2 is 1.68 bits per heavy atom. The molecule has 138 valence electrons. The molecule has 0 unspecified atom stereocenters. The van der Waals surface area contributed by atoms with Crippen LogP contribution in [0, 0.1) is 5.92 Å². The molecule has 5 nitrogen and oxygen atoms in total. The Kier molecular flexibility index (Phi) is 8.87. The van der Waals surface area contributed by atoms with Crippen molar-refractivity contribution >= 4 is 11.9 Å². The second-order valence-electron chi connectivity index (χ2n) is 6.64. The van der Waals surface area contributed by atoms with Crippen LogP contribution in [0.2, 0.25) is 0 Å². The quantitative estimate of drug-likeness (QED) is 0.386. The van der Waals surface area contributed by atoms with Crippen molar-refractivity contribution in [3.05, 3.63) is 35.9 Å². The van der Waals surface area contributed by atoms with E-state index in [1.54, 1.807) is 7.05 Å². The highest BCUT2D eigenvalue weighted by Gasteiger charge is 2.20. The number of carbonyl (C=O) groups excluding carboxylic acids is 1. The summed E-state index contributed by atoms with van der Waals surface area (Å²) in [7, 11) is 1.77. The normalized spacial score (nSPS) is 15.6. The summed E-state index contributed by atoms with van der Waals surface area (Å²) in [5.41, 5.74) is 1.36. The van der Waals surface area contributed by atoms with Crippen LogP contribution in [0.4, 0.5) is 0 Å². The number of aryl methyl sites for hydroxylation is 1. The topological polar surface area (TPSA) is 65.5 Å². The fraction of sp³-hybridized carbons (Fsp3) is 0.600. The van der Waals surface area contributed by atoms with E-state index in [1.165, 1.54) is 24.8 Å². The van der Waals surface area contributed by atoms with Crippen molar-refractivity contribution in [3.63, 3.8) is 0 Å². The minimum Gasteiger partial charge on any atom is -0.356 e. The van der Waals surface area contributed by atoms with Crippen LogP contribution in [0.1, 0.15) is 44.1 Å². The third-order valence-electron chi connectivity index (χ3n) is 4.69. The first-order chi connectivity index (χ1) is 12.3. The van der Waals surface area contributed by atoms with Gasteiger partial charge in [-0.2, -0.15) is 0 Å². The minimum atomic E-state index is 0.215. The van der Waals surface area contributed by atoms with E-state index in [0.29, 0.717) is 13.1 Å². The first-order valence-corrected chi connectivity index (χ1v) is 9.56. The van der Waals surface area contributed by atoms with Crippen LogP contribution in [0.3, 0.4) is 0 Å². The lowest BCUT2D eigenvalue weighted by atomic mass is 9.89. The first kappa shape index (κ1) is 19.3. The van der Waals surface area contributed by atoms with E-state index >= 15 is 0 Å². The zero-order valence-corrected chi connectivity index (χ0v) is 15.4. The maximum absolute atomic E-state index is 12.1. The lowest BCUT2D eigenvalue weighted by Gasteiger charge is -2.21. The molecule has 0 heterocycles. The zero-order chi connectivity index (χ0) is 17.7. The van der Waals surface area contributed by atoms with Crippen molar-refractivity contribution in [1.29, 1.82) is 0 Å². The molecule has 0 spiro atoms. The molecule has 5 heteroatoms. The average Bonchev–Trinajstić information content (AvgIpc) is 2.68. The molecule has 0 radical (unpaired) electrons. The molecule has 25 heavy (non-hydrogen) atoms. The van der Waals surface area contributed by atoms with Gasteiger partial charge in [0.15, 0.2) is 5.96 Å². The van der Waals surface area contributed by atoms with Gasteiger partial charge in [-0.05, 0) is 31.2 Å². The van der Waals surface area contributed by atoms with Crippen molar-refractivity contribution < 1.29 is 4.79 Å². The predicted octanol–water partition coefficient (Wildman–Crippen LogP) is 2.48. The number of rotatable bonds is 8. The van der Waals surface area contributed by atoms with Crippen LogP contribution < -0.4 is 16.0 Å². The van der Waals surface area contributed by atoms with Gasteiger partial charge in [0, 0.05) is 32.6 Å². The fourth-order valence-electron chi connectivity index (χ4n) is 3.24. The summed E-state index contributed by atoms with van der Waals surface area (Å²) in [6.45, 7) is 2.21. The van der Waals surface area contributed by atoms with E-state index in [9.17, 15) is 4.79 Å². The lowest BCUT2D eigenvalue weighted by Crippen LogP contribution is -2.43. The summed E-state index contributed by atoms with van der Waals surface area (Å²) >= 11 is 0. The molecule has 0 saturated heterocycles. The smallest absolute Gasteiger partial charge is 0.223 e. The molecule has 1 saturated carbocycles. The second kappa shape index (κ2) is 11.5. The summed E-state index contributed by atoms with van der Waals surface area (Å²) < 4.78 is 0. The first-order valence-electron chi connectivity index (χ1n) is 9.56. The van der Waals surface area contributed by atoms with Gasteiger partial charge in [-0.3, -0.25) is 9.79 Å². The highest BCUT2D eigenvalue weighted by Crippen LogP contribution is 2.23. The van der Waals surface area contributed by atoms with Crippen molar-refractivity contribution in [3.8, 4) is 0 Å². The van der Waals surface area contributed by atoms with E-state index in [-0.39, 0.29) is 11.8 Å². The summed E-state index contributed by atoms with van der Waals surface area (Å²) in [4.78, 5) is 16.3. The summed E-state index contributed by atoms with van der Waals surface area (Å²) in [5, 5.41) is 9.60. The van der Waals surface area contributed by atoms with E-state index in [2.05, 4.69) is 45.2 Å². The fourth-order valence-corrected chi connectivity index (χ4v) is 3.24. The standard InChI is InChI=1S/C20H32N4O/c1-21-20(23-14-8-11-17-9-4-2-5-10-17)24-16-15-22-19(25)18-12-6-3-7-13-18/h2,4-5,9-10,18H,3,6-8,11-16H2,1H3,(H,22,25)(H2,21,23,24). The molecule has 0 bridgehead atoms. The van der Waals surface area contributed by atoms with Crippen LogP contribution in [-0.4, -0.2) is 38.5 Å². The van der Waals surface area contributed by atoms with Gasteiger partial charge in [0.05, 0.1) is 0 Å². The number of guanidine groups is 1. The van der Waals surface area contributed by atoms with Gasteiger partial charge in [0.2, 0.25) is 5.91 Å². The number of aliphatic imine (C=N–C) groups is 1. The third-order valence-corrected chi connectivity index (χ3v) is 4.69. The Morgan fingerprint density at radius 1 is 1.00 bits per heavy atom. The van der Waals surface area contributed by atoms with Gasteiger partial charge < -0.3 is 16.0 Å². The van der Waals surface area contributed by atoms with Gasteiger partial charge >= 0.3 is 0 Å². The molecule has 2 rings (SSSR count). The van der Waals surface area contributed by atoms with Crippen molar-refractivity contribution in [2.75, 3.05) is 26.7 Å².